The van der Waals surface area contributed by atoms with Crippen LogP contribution in [0, 0.1) is 0 Å². The van der Waals surface area contributed by atoms with Crippen LogP contribution in [-0.2, 0) is 26.2 Å². The summed E-state index contributed by atoms with van der Waals surface area (Å²) in [5.74, 6) is -0.0688. The number of hydrogen-bond acceptors (Lipinski definition) is 5. The maximum absolute atomic E-state index is 13.5. The predicted octanol–water partition coefficient (Wildman–Crippen LogP) is 5.27. The van der Waals surface area contributed by atoms with Crippen LogP contribution in [-0.4, -0.2) is 57.1 Å². The minimum absolute atomic E-state index is 0.0338. The lowest BCUT2D eigenvalue weighted by atomic mass is 10.1. The van der Waals surface area contributed by atoms with E-state index in [0.29, 0.717) is 22.9 Å². The number of ether oxygens (including phenoxy) is 1. The first-order valence-corrected chi connectivity index (χ1v) is 15.2. The van der Waals surface area contributed by atoms with Gasteiger partial charge in [-0.15, -0.1) is 0 Å². The second kappa shape index (κ2) is 14.6. The van der Waals surface area contributed by atoms with Crippen molar-refractivity contribution in [1.29, 1.82) is 0 Å². The van der Waals surface area contributed by atoms with Crippen LogP contribution in [0.4, 0.5) is 5.69 Å². The number of carbonyl (C=O) groups excluding carboxylic acids is 2. The number of anilines is 1. The first-order valence-electron chi connectivity index (χ1n) is 12.6. The standard InChI is InChI=1S/C27H37Cl2N3O5S/c1-6-19(3)30-27(34)24(7-2)31(18-20-11-8-9-12-22(20)28)26(33)13-10-16-32(38(5,35)36)21-14-15-25(37-4)23(29)17-21/h8-9,11-12,14-15,17,19,24H,6-7,10,13,16,18H2,1-5H3,(H,30,34)/t19-,24+/m0/s1. The van der Waals surface area contributed by atoms with Crippen molar-refractivity contribution < 1.29 is 22.7 Å². The molecule has 0 heterocycles. The number of sulfonamides is 1. The number of rotatable bonds is 14. The molecule has 0 spiro atoms. The van der Waals surface area contributed by atoms with Crippen LogP contribution >= 0.6 is 23.2 Å². The Morgan fingerprint density at radius 3 is 2.29 bits per heavy atom. The molecule has 2 atom stereocenters. The quantitative estimate of drug-likeness (QED) is 0.326. The van der Waals surface area contributed by atoms with Crippen molar-refractivity contribution in [3.63, 3.8) is 0 Å². The van der Waals surface area contributed by atoms with Gasteiger partial charge in [-0.2, -0.15) is 0 Å². The molecule has 0 saturated carbocycles. The predicted molar refractivity (Wildman–Crippen MR) is 153 cm³/mol. The zero-order valence-electron chi connectivity index (χ0n) is 22.5. The van der Waals surface area contributed by atoms with Crippen molar-refractivity contribution in [1.82, 2.24) is 10.2 Å². The monoisotopic (exact) mass is 585 g/mol. The molecule has 0 aliphatic carbocycles. The Labute approximate surface area is 236 Å². The number of methoxy groups -OCH3 is 1. The highest BCUT2D eigenvalue weighted by molar-refractivity contribution is 7.92. The zero-order valence-corrected chi connectivity index (χ0v) is 24.9. The smallest absolute Gasteiger partial charge is 0.243 e. The molecule has 8 nitrogen and oxygen atoms in total. The fraction of sp³-hybridized carbons (Fsp3) is 0.481. The summed E-state index contributed by atoms with van der Waals surface area (Å²) in [7, 11) is -2.18. The molecule has 38 heavy (non-hydrogen) atoms. The Hall–Kier alpha value is -2.49. The van der Waals surface area contributed by atoms with E-state index in [9.17, 15) is 18.0 Å². The SMILES string of the molecule is CC[C@H](C(=O)N[C@@H](C)CC)N(Cc1ccccc1Cl)C(=O)CCCN(c1ccc(OC)c(Cl)c1)S(C)(=O)=O. The number of amides is 2. The third-order valence-corrected chi connectivity index (χ3v) is 8.12. The molecule has 0 fully saturated rings. The number of nitrogens with one attached hydrogen (secondary N) is 1. The summed E-state index contributed by atoms with van der Waals surface area (Å²) in [6.45, 7) is 5.96. The minimum Gasteiger partial charge on any atom is -0.495 e. The number of nitrogens with zero attached hydrogens (tertiary/aromatic N) is 2. The highest BCUT2D eigenvalue weighted by Gasteiger charge is 2.30. The van der Waals surface area contributed by atoms with E-state index in [4.69, 9.17) is 27.9 Å². The Bertz CT molecular complexity index is 1210. The number of halogens is 2. The van der Waals surface area contributed by atoms with Gasteiger partial charge in [0.15, 0.2) is 0 Å². The van der Waals surface area contributed by atoms with Gasteiger partial charge in [0.1, 0.15) is 11.8 Å². The molecule has 0 saturated heterocycles. The van der Waals surface area contributed by atoms with Crippen LogP contribution in [0.1, 0.15) is 52.0 Å². The van der Waals surface area contributed by atoms with E-state index >= 15 is 0 Å². The summed E-state index contributed by atoms with van der Waals surface area (Å²) in [5, 5.41) is 3.75. The van der Waals surface area contributed by atoms with Crippen LogP contribution in [0.15, 0.2) is 42.5 Å². The summed E-state index contributed by atoms with van der Waals surface area (Å²) < 4.78 is 31.5. The molecule has 11 heteroatoms. The van der Waals surface area contributed by atoms with E-state index in [1.807, 2.05) is 32.9 Å². The second-order valence-corrected chi connectivity index (χ2v) is 11.8. The number of benzene rings is 2. The fourth-order valence-corrected chi connectivity index (χ4v) is 5.39. The van der Waals surface area contributed by atoms with E-state index in [-0.39, 0.29) is 48.8 Å². The minimum atomic E-state index is -3.65. The molecule has 2 amide bonds. The normalized spacial score (nSPS) is 12.9. The molecule has 0 unspecified atom stereocenters. The fourth-order valence-electron chi connectivity index (χ4n) is 3.99. The zero-order chi connectivity index (χ0) is 28.5. The summed E-state index contributed by atoms with van der Waals surface area (Å²) >= 11 is 12.6. The molecule has 0 aliphatic heterocycles. The van der Waals surface area contributed by atoms with Gasteiger partial charge in [0.05, 0.1) is 24.1 Å². The summed E-state index contributed by atoms with van der Waals surface area (Å²) in [5.41, 5.74) is 1.10. The topological polar surface area (TPSA) is 96.0 Å². The van der Waals surface area contributed by atoms with Crippen LogP contribution in [0.3, 0.4) is 0 Å². The van der Waals surface area contributed by atoms with Crippen molar-refractivity contribution in [2.24, 2.45) is 0 Å². The molecule has 2 aromatic rings. The summed E-state index contributed by atoms with van der Waals surface area (Å²) in [6, 6.07) is 11.2. The van der Waals surface area contributed by atoms with Gasteiger partial charge < -0.3 is 15.0 Å². The second-order valence-electron chi connectivity index (χ2n) is 9.11. The van der Waals surface area contributed by atoms with Gasteiger partial charge in [-0.3, -0.25) is 13.9 Å². The van der Waals surface area contributed by atoms with E-state index in [0.717, 1.165) is 18.2 Å². The van der Waals surface area contributed by atoms with Crippen molar-refractivity contribution >= 4 is 50.7 Å². The third kappa shape index (κ3) is 8.78. The van der Waals surface area contributed by atoms with Gasteiger partial charge in [-0.1, -0.05) is 55.2 Å². The molecule has 210 valence electrons. The number of hydrogen-bond donors (Lipinski definition) is 1. The van der Waals surface area contributed by atoms with E-state index < -0.39 is 16.1 Å². The van der Waals surface area contributed by atoms with E-state index in [2.05, 4.69) is 5.32 Å². The first kappa shape index (κ1) is 31.7. The molecule has 2 rings (SSSR count). The molecule has 1 N–H and O–H groups in total. The maximum Gasteiger partial charge on any atom is 0.243 e. The third-order valence-electron chi connectivity index (χ3n) is 6.26. The highest BCUT2D eigenvalue weighted by atomic mass is 35.5. The Morgan fingerprint density at radius 2 is 1.74 bits per heavy atom. The largest absolute Gasteiger partial charge is 0.495 e. The molecule has 0 bridgehead atoms. The molecular weight excluding hydrogens is 549 g/mol. The van der Waals surface area contributed by atoms with Crippen molar-refractivity contribution in [3.8, 4) is 5.75 Å². The van der Waals surface area contributed by atoms with Crippen LogP contribution < -0.4 is 14.4 Å². The van der Waals surface area contributed by atoms with Gasteiger partial charge >= 0.3 is 0 Å². The van der Waals surface area contributed by atoms with Crippen LogP contribution in [0.2, 0.25) is 10.0 Å². The average Bonchev–Trinajstić information content (AvgIpc) is 2.86. The van der Waals surface area contributed by atoms with Crippen LogP contribution in [0.5, 0.6) is 5.75 Å². The molecule has 0 aromatic heterocycles. The van der Waals surface area contributed by atoms with Gasteiger partial charge in [-0.05, 0) is 56.0 Å². The molecule has 0 aliphatic rings. The Morgan fingerprint density at radius 1 is 1.05 bits per heavy atom. The molecule has 2 aromatic carbocycles. The van der Waals surface area contributed by atoms with Crippen LogP contribution in [0.25, 0.3) is 0 Å². The van der Waals surface area contributed by atoms with Gasteiger partial charge in [0.2, 0.25) is 21.8 Å². The molecule has 0 radical (unpaired) electrons. The van der Waals surface area contributed by atoms with E-state index in [1.54, 1.807) is 24.3 Å². The first-order chi connectivity index (χ1) is 17.9. The summed E-state index contributed by atoms with van der Waals surface area (Å²) in [4.78, 5) is 28.2. The Balaban J connectivity index is 2.26. The maximum atomic E-state index is 13.5. The lowest BCUT2D eigenvalue weighted by Gasteiger charge is -2.32. The van der Waals surface area contributed by atoms with Crippen molar-refractivity contribution in [3.05, 3.63) is 58.1 Å². The lowest BCUT2D eigenvalue weighted by Crippen LogP contribution is -2.50. The highest BCUT2D eigenvalue weighted by Crippen LogP contribution is 2.30. The van der Waals surface area contributed by atoms with Crippen molar-refractivity contribution in [2.45, 2.75) is 65.1 Å². The summed E-state index contributed by atoms with van der Waals surface area (Å²) in [6.07, 6.45) is 2.55. The lowest BCUT2D eigenvalue weighted by molar-refractivity contribution is -0.141. The Kier molecular flexibility index (Phi) is 12.2. The van der Waals surface area contributed by atoms with Crippen molar-refractivity contribution in [2.75, 3.05) is 24.2 Å². The van der Waals surface area contributed by atoms with Gasteiger partial charge in [0.25, 0.3) is 0 Å². The van der Waals surface area contributed by atoms with Gasteiger partial charge in [0, 0.05) is 30.6 Å². The average molecular weight is 587 g/mol. The molecular formula is C27H37Cl2N3O5S. The van der Waals surface area contributed by atoms with Gasteiger partial charge in [-0.25, -0.2) is 8.42 Å². The number of carbonyl (C=O) groups is 2. The van der Waals surface area contributed by atoms with E-state index in [1.165, 1.54) is 22.4 Å².